The van der Waals surface area contributed by atoms with Gasteiger partial charge in [-0.1, -0.05) is 19.8 Å². The van der Waals surface area contributed by atoms with Crippen molar-refractivity contribution in [3.8, 4) is 0 Å². The average Bonchev–Trinajstić information content (AvgIpc) is 2.27. The number of rotatable bonds is 5. The number of hydrogen-bond donors (Lipinski definition) is 1. The lowest BCUT2D eigenvalue weighted by atomic mass is 10.2. The summed E-state index contributed by atoms with van der Waals surface area (Å²) in [6.45, 7) is 3.95. The third kappa shape index (κ3) is 3.81. The number of nitrogens with one attached hydrogen (secondary N) is 1. The van der Waals surface area contributed by atoms with Crippen LogP contribution in [0.15, 0.2) is 0 Å². The highest BCUT2D eigenvalue weighted by Crippen LogP contribution is 2.04. The molecule has 1 rings (SSSR count). The first-order chi connectivity index (χ1) is 7.67. The Hall–Kier alpha value is -1.10. The molecule has 0 spiro atoms. The molecule has 0 aromatic rings. The van der Waals surface area contributed by atoms with Gasteiger partial charge in [0.25, 0.3) is 0 Å². The molecule has 1 fully saturated rings. The van der Waals surface area contributed by atoms with Gasteiger partial charge in [0.05, 0.1) is 13.7 Å². The summed E-state index contributed by atoms with van der Waals surface area (Å²) in [4.78, 5) is 24.7. The standard InChI is InChI=1S/C11H20N2O3/c1-3-4-5-6-13-7-9(11(15)16-2)12-10(14)8-13/h9H,3-8H2,1-2H3,(H,12,14). The number of methoxy groups -OCH3 is 1. The van der Waals surface area contributed by atoms with E-state index in [2.05, 4.69) is 17.0 Å². The monoisotopic (exact) mass is 228 g/mol. The topological polar surface area (TPSA) is 58.6 Å². The van der Waals surface area contributed by atoms with Crippen LogP contribution in [0.25, 0.3) is 0 Å². The van der Waals surface area contributed by atoms with Crippen molar-refractivity contribution in [1.29, 1.82) is 0 Å². The highest BCUT2D eigenvalue weighted by molar-refractivity contribution is 5.86. The summed E-state index contributed by atoms with van der Waals surface area (Å²) in [5.41, 5.74) is 0. The Morgan fingerprint density at radius 3 is 2.94 bits per heavy atom. The van der Waals surface area contributed by atoms with E-state index in [9.17, 15) is 9.59 Å². The predicted octanol–water partition coefficient (Wildman–Crippen LogP) is 0.150. The van der Waals surface area contributed by atoms with Gasteiger partial charge in [-0.3, -0.25) is 9.69 Å². The Bertz CT molecular complexity index is 256. The molecular formula is C11H20N2O3. The molecule has 0 saturated carbocycles. The van der Waals surface area contributed by atoms with Crippen LogP contribution < -0.4 is 5.32 Å². The molecule has 0 aromatic carbocycles. The van der Waals surface area contributed by atoms with E-state index < -0.39 is 6.04 Å². The van der Waals surface area contributed by atoms with Gasteiger partial charge in [-0.05, 0) is 13.0 Å². The minimum Gasteiger partial charge on any atom is -0.467 e. The van der Waals surface area contributed by atoms with Crippen molar-refractivity contribution in [2.24, 2.45) is 0 Å². The summed E-state index contributed by atoms with van der Waals surface area (Å²) >= 11 is 0. The fraction of sp³-hybridized carbons (Fsp3) is 0.818. The maximum atomic E-state index is 11.4. The highest BCUT2D eigenvalue weighted by atomic mass is 16.5. The van der Waals surface area contributed by atoms with Gasteiger partial charge in [0, 0.05) is 6.54 Å². The van der Waals surface area contributed by atoms with Crippen LogP contribution in [-0.2, 0) is 14.3 Å². The summed E-state index contributed by atoms with van der Waals surface area (Å²) in [7, 11) is 1.34. The van der Waals surface area contributed by atoms with Crippen LogP contribution in [0.4, 0.5) is 0 Å². The molecule has 1 heterocycles. The number of esters is 1. The van der Waals surface area contributed by atoms with E-state index in [0.29, 0.717) is 13.1 Å². The van der Waals surface area contributed by atoms with Crippen LogP contribution >= 0.6 is 0 Å². The first-order valence-corrected chi connectivity index (χ1v) is 5.77. The Kier molecular flexibility index (Phi) is 5.25. The van der Waals surface area contributed by atoms with Crippen LogP contribution in [0.1, 0.15) is 26.2 Å². The van der Waals surface area contributed by atoms with Crippen LogP contribution in [0.2, 0.25) is 0 Å². The van der Waals surface area contributed by atoms with Crippen LogP contribution in [0, 0.1) is 0 Å². The second kappa shape index (κ2) is 6.48. The third-order valence-electron chi connectivity index (χ3n) is 2.71. The van der Waals surface area contributed by atoms with Gasteiger partial charge >= 0.3 is 5.97 Å². The number of unbranched alkanes of at least 4 members (excludes halogenated alkanes) is 2. The SMILES string of the molecule is CCCCCN1CC(=O)NC(C(=O)OC)C1. The van der Waals surface area contributed by atoms with E-state index in [0.717, 1.165) is 25.8 Å². The molecule has 1 atom stereocenters. The van der Waals surface area contributed by atoms with Crippen LogP contribution in [0.5, 0.6) is 0 Å². The van der Waals surface area contributed by atoms with Gasteiger partial charge in [-0.25, -0.2) is 4.79 Å². The number of amides is 1. The predicted molar refractivity (Wildman–Crippen MR) is 59.9 cm³/mol. The second-order valence-corrected chi connectivity index (χ2v) is 4.09. The largest absolute Gasteiger partial charge is 0.467 e. The number of carbonyl (C=O) groups excluding carboxylic acids is 2. The zero-order valence-corrected chi connectivity index (χ0v) is 9.99. The fourth-order valence-electron chi connectivity index (χ4n) is 1.84. The number of carbonyl (C=O) groups is 2. The first-order valence-electron chi connectivity index (χ1n) is 5.77. The van der Waals surface area contributed by atoms with E-state index in [-0.39, 0.29) is 11.9 Å². The molecule has 5 nitrogen and oxygen atoms in total. The number of ether oxygens (including phenoxy) is 1. The Morgan fingerprint density at radius 1 is 1.56 bits per heavy atom. The first kappa shape index (κ1) is 13.0. The van der Waals surface area contributed by atoms with E-state index in [1.807, 2.05) is 4.90 Å². The lowest BCUT2D eigenvalue weighted by Gasteiger charge is -2.31. The zero-order valence-electron chi connectivity index (χ0n) is 9.99. The van der Waals surface area contributed by atoms with Gasteiger partial charge in [-0.15, -0.1) is 0 Å². The molecular weight excluding hydrogens is 208 g/mol. The summed E-state index contributed by atoms with van der Waals surface area (Å²) in [6, 6.07) is -0.507. The average molecular weight is 228 g/mol. The second-order valence-electron chi connectivity index (χ2n) is 4.09. The summed E-state index contributed by atoms with van der Waals surface area (Å²) in [5, 5.41) is 2.63. The van der Waals surface area contributed by atoms with E-state index >= 15 is 0 Å². The molecule has 16 heavy (non-hydrogen) atoms. The van der Waals surface area contributed by atoms with E-state index in [4.69, 9.17) is 0 Å². The summed E-state index contributed by atoms with van der Waals surface area (Å²) < 4.78 is 4.63. The molecule has 5 heteroatoms. The molecule has 0 bridgehead atoms. The van der Waals surface area contributed by atoms with Crippen molar-refractivity contribution < 1.29 is 14.3 Å². The van der Waals surface area contributed by atoms with Gasteiger partial charge in [0.1, 0.15) is 6.04 Å². The molecule has 92 valence electrons. The quantitative estimate of drug-likeness (QED) is 0.537. The normalized spacial score (nSPS) is 21.6. The zero-order chi connectivity index (χ0) is 12.0. The third-order valence-corrected chi connectivity index (χ3v) is 2.71. The van der Waals surface area contributed by atoms with Crippen LogP contribution in [-0.4, -0.2) is 49.6 Å². The summed E-state index contributed by atoms with van der Waals surface area (Å²) in [5.74, 6) is -0.466. The fourth-order valence-corrected chi connectivity index (χ4v) is 1.84. The Morgan fingerprint density at radius 2 is 2.31 bits per heavy atom. The van der Waals surface area contributed by atoms with Gasteiger partial charge in [-0.2, -0.15) is 0 Å². The summed E-state index contributed by atoms with van der Waals surface area (Å²) in [6.07, 6.45) is 3.37. The van der Waals surface area contributed by atoms with Crippen molar-refractivity contribution in [2.75, 3.05) is 26.7 Å². The molecule has 1 aliphatic rings. The smallest absolute Gasteiger partial charge is 0.329 e. The minimum absolute atomic E-state index is 0.0989. The minimum atomic E-state index is -0.507. The molecule has 1 saturated heterocycles. The highest BCUT2D eigenvalue weighted by Gasteiger charge is 2.29. The van der Waals surface area contributed by atoms with E-state index in [1.54, 1.807) is 0 Å². The molecule has 1 aliphatic heterocycles. The van der Waals surface area contributed by atoms with Crippen LogP contribution in [0.3, 0.4) is 0 Å². The van der Waals surface area contributed by atoms with Crippen molar-refractivity contribution >= 4 is 11.9 Å². The number of piperazine rings is 1. The maximum absolute atomic E-state index is 11.4. The Balaban J connectivity index is 2.41. The molecule has 1 unspecified atom stereocenters. The van der Waals surface area contributed by atoms with Crippen molar-refractivity contribution in [2.45, 2.75) is 32.2 Å². The van der Waals surface area contributed by atoms with Crippen molar-refractivity contribution in [3.63, 3.8) is 0 Å². The molecule has 0 aromatic heterocycles. The van der Waals surface area contributed by atoms with E-state index in [1.165, 1.54) is 7.11 Å². The number of hydrogen-bond acceptors (Lipinski definition) is 4. The Labute approximate surface area is 96.1 Å². The lowest BCUT2D eigenvalue weighted by Crippen LogP contribution is -2.57. The van der Waals surface area contributed by atoms with Gasteiger partial charge in [0.15, 0.2) is 0 Å². The van der Waals surface area contributed by atoms with Crippen molar-refractivity contribution in [1.82, 2.24) is 10.2 Å². The molecule has 1 amide bonds. The van der Waals surface area contributed by atoms with Crippen molar-refractivity contribution in [3.05, 3.63) is 0 Å². The lowest BCUT2D eigenvalue weighted by molar-refractivity contribution is -0.147. The van der Waals surface area contributed by atoms with Gasteiger partial charge in [0.2, 0.25) is 5.91 Å². The molecule has 1 N–H and O–H groups in total. The maximum Gasteiger partial charge on any atom is 0.329 e. The van der Waals surface area contributed by atoms with Gasteiger partial charge < -0.3 is 10.1 Å². The molecule has 0 radical (unpaired) electrons. The molecule has 0 aliphatic carbocycles. The number of nitrogens with zero attached hydrogens (tertiary/aromatic N) is 1.